The topological polar surface area (TPSA) is 20.2 Å². The molecule has 1 nitrogen and oxygen atoms in total. The number of unbranched alkanes of at least 4 members (excludes halogenated alkanes) is 2. The summed E-state index contributed by atoms with van der Waals surface area (Å²) in [4.78, 5) is 0. The van der Waals surface area contributed by atoms with Gasteiger partial charge in [0.2, 0.25) is 0 Å². The van der Waals surface area contributed by atoms with Crippen molar-refractivity contribution < 1.29 is 5.11 Å². The first-order valence-corrected chi connectivity index (χ1v) is 7.75. The highest BCUT2D eigenvalue weighted by Gasteiger charge is 2.18. The van der Waals surface area contributed by atoms with E-state index in [0.29, 0.717) is 5.75 Å². The Balaban J connectivity index is 3.14. The molecule has 0 amide bonds. The average Bonchev–Trinajstić information content (AvgIpc) is 2.34. The van der Waals surface area contributed by atoms with Gasteiger partial charge in [0.1, 0.15) is 5.75 Å². The zero-order chi connectivity index (χ0) is 14.5. The highest BCUT2D eigenvalue weighted by atomic mass is 16.3. The second-order valence-corrected chi connectivity index (χ2v) is 6.60. The van der Waals surface area contributed by atoms with Crippen LogP contribution in [0, 0.1) is 0 Å². The van der Waals surface area contributed by atoms with Crippen molar-refractivity contribution in [3.8, 4) is 5.75 Å². The predicted octanol–water partition coefficient (Wildman–Crippen LogP) is 5.37. The maximum atomic E-state index is 10.4. The molecule has 0 aromatic heterocycles. The zero-order valence-electron chi connectivity index (χ0n) is 13.3. The van der Waals surface area contributed by atoms with Gasteiger partial charge >= 0.3 is 0 Å². The maximum Gasteiger partial charge on any atom is 0.121 e. The first kappa shape index (κ1) is 16.1. The lowest BCUT2D eigenvalue weighted by atomic mass is 9.83. The quantitative estimate of drug-likeness (QED) is 0.730. The van der Waals surface area contributed by atoms with Crippen LogP contribution in [0.2, 0.25) is 0 Å². The fraction of sp³-hybridized carbons (Fsp3) is 0.667. The Hall–Kier alpha value is -0.980. The molecule has 0 aliphatic carbocycles. The van der Waals surface area contributed by atoms with E-state index >= 15 is 0 Å². The van der Waals surface area contributed by atoms with Crippen LogP contribution >= 0.6 is 0 Å². The van der Waals surface area contributed by atoms with Crippen molar-refractivity contribution in [2.45, 2.75) is 78.6 Å². The lowest BCUT2D eigenvalue weighted by molar-refractivity contribution is 0.456. The monoisotopic (exact) mass is 262 g/mol. The molecule has 0 saturated carbocycles. The van der Waals surface area contributed by atoms with E-state index in [9.17, 15) is 5.11 Å². The van der Waals surface area contributed by atoms with E-state index < -0.39 is 0 Å². The lowest BCUT2D eigenvalue weighted by Crippen LogP contribution is -2.12. The Labute approximate surface area is 119 Å². The van der Waals surface area contributed by atoms with Crippen LogP contribution in [0.1, 0.15) is 77.0 Å². The molecular formula is C18H30O. The first-order chi connectivity index (χ1) is 8.90. The van der Waals surface area contributed by atoms with Gasteiger partial charge in [0.05, 0.1) is 0 Å². The largest absolute Gasteiger partial charge is 0.507 e. The molecule has 0 spiro atoms. The third kappa shape index (κ3) is 4.56. The number of phenols is 1. The minimum absolute atomic E-state index is 0.148. The van der Waals surface area contributed by atoms with Crippen molar-refractivity contribution >= 4 is 0 Å². The van der Waals surface area contributed by atoms with E-state index in [1.54, 1.807) is 0 Å². The van der Waals surface area contributed by atoms with Crippen LogP contribution in [-0.4, -0.2) is 5.11 Å². The van der Waals surface area contributed by atoms with Crippen LogP contribution in [0.5, 0.6) is 5.75 Å². The van der Waals surface area contributed by atoms with Gasteiger partial charge < -0.3 is 5.11 Å². The third-order valence-electron chi connectivity index (χ3n) is 3.73. The maximum absolute atomic E-state index is 10.4. The highest BCUT2D eigenvalue weighted by molar-refractivity contribution is 5.46. The Morgan fingerprint density at radius 3 is 1.63 bits per heavy atom. The Morgan fingerprint density at radius 2 is 1.32 bits per heavy atom. The van der Waals surface area contributed by atoms with E-state index in [4.69, 9.17) is 0 Å². The number of aromatic hydroxyl groups is 1. The summed E-state index contributed by atoms with van der Waals surface area (Å²) in [5.41, 5.74) is 3.78. The van der Waals surface area contributed by atoms with Crippen molar-refractivity contribution in [3.05, 3.63) is 28.8 Å². The molecule has 108 valence electrons. The SMILES string of the molecule is CCCCc1cc(C(C)(C)C)cc(CCCC)c1O. The standard InChI is InChI=1S/C18H30O/c1-6-8-10-14-12-16(18(3,4)5)13-15(17(14)19)11-9-7-2/h12-13,19H,6-11H2,1-5H3. The molecule has 0 saturated heterocycles. The summed E-state index contributed by atoms with van der Waals surface area (Å²) in [6.45, 7) is 11.1. The van der Waals surface area contributed by atoms with Crippen LogP contribution in [0.3, 0.4) is 0 Å². The van der Waals surface area contributed by atoms with E-state index in [0.717, 1.165) is 36.8 Å². The Kier molecular flexibility index (Phi) is 5.90. The summed E-state index contributed by atoms with van der Waals surface area (Å²) in [5.74, 6) is 0.551. The molecule has 0 aliphatic rings. The molecule has 0 aliphatic heterocycles. The fourth-order valence-electron chi connectivity index (χ4n) is 2.31. The van der Waals surface area contributed by atoms with Crippen LogP contribution in [0.15, 0.2) is 12.1 Å². The fourth-order valence-corrected chi connectivity index (χ4v) is 2.31. The number of phenolic OH excluding ortho intramolecular Hbond substituents is 1. The molecule has 19 heavy (non-hydrogen) atoms. The Bertz CT molecular complexity index is 370. The number of aryl methyl sites for hydroxylation is 2. The Morgan fingerprint density at radius 1 is 0.895 bits per heavy atom. The molecule has 1 rings (SSSR count). The summed E-state index contributed by atoms with van der Waals surface area (Å²) in [6.07, 6.45) is 6.62. The van der Waals surface area contributed by atoms with E-state index in [-0.39, 0.29) is 5.41 Å². The minimum Gasteiger partial charge on any atom is -0.507 e. The van der Waals surface area contributed by atoms with Gasteiger partial charge in [-0.05, 0) is 47.8 Å². The highest BCUT2D eigenvalue weighted by Crippen LogP contribution is 2.32. The van der Waals surface area contributed by atoms with Gasteiger partial charge in [-0.25, -0.2) is 0 Å². The second kappa shape index (κ2) is 6.98. The van der Waals surface area contributed by atoms with Crippen molar-refractivity contribution in [3.63, 3.8) is 0 Å². The number of hydrogen-bond donors (Lipinski definition) is 1. The first-order valence-electron chi connectivity index (χ1n) is 7.75. The van der Waals surface area contributed by atoms with Crippen LogP contribution in [0.25, 0.3) is 0 Å². The summed E-state index contributed by atoms with van der Waals surface area (Å²) in [7, 11) is 0. The van der Waals surface area contributed by atoms with Crippen LogP contribution in [-0.2, 0) is 18.3 Å². The van der Waals surface area contributed by atoms with E-state index in [2.05, 4.69) is 46.8 Å². The van der Waals surface area contributed by atoms with E-state index in [1.165, 1.54) is 18.4 Å². The lowest BCUT2D eigenvalue weighted by Gasteiger charge is -2.22. The second-order valence-electron chi connectivity index (χ2n) is 6.60. The molecule has 1 aromatic carbocycles. The smallest absolute Gasteiger partial charge is 0.121 e. The van der Waals surface area contributed by atoms with Crippen LogP contribution < -0.4 is 0 Å². The van der Waals surface area contributed by atoms with Crippen molar-refractivity contribution in [2.24, 2.45) is 0 Å². The third-order valence-corrected chi connectivity index (χ3v) is 3.73. The summed E-state index contributed by atoms with van der Waals surface area (Å²) >= 11 is 0. The van der Waals surface area contributed by atoms with Gasteiger partial charge in [-0.3, -0.25) is 0 Å². The average molecular weight is 262 g/mol. The normalized spacial score (nSPS) is 11.8. The molecular weight excluding hydrogens is 232 g/mol. The molecule has 0 heterocycles. The van der Waals surface area contributed by atoms with Gasteiger partial charge in [0.25, 0.3) is 0 Å². The molecule has 0 bridgehead atoms. The number of hydrogen-bond acceptors (Lipinski definition) is 1. The number of rotatable bonds is 6. The summed E-state index contributed by atoms with van der Waals surface area (Å²) in [6, 6.07) is 4.42. The molecule has 1 heteroatoms. The minimum atomic E-state index is 0.148. The van der Waals surface area contributed by atoms with Gasteiger partial charge in [-0.15, -0.1) is 0 Å². The van der Waals surface area contributed by atoms with Gasteiger partial charge in [0, 0.05) is 0 Å². The van der Waals surface area contributed by atoms with Gasteiger partial charge in [0.15, 0.2) is 0 Å². The molecule has 1 N–H and O–H groups in total. The van der Waals surface area contributed by atoms with Crippen molar-refractivity contribution in [2.75, 3.05) is 0 Å². The molecule has 0 atom stereocenters. The predicted molar refractivity (Wildman–Crippen MR) is 84.0 cm³/mol. The zero-order valence-corrected chi connectivity index (χ0v) is 13.3. The molecule has 0 unspecified atom stereocenters. The van der Waals surface area contributed by atoms with Gasteiger partial charge in [-0.2, -0.15) is 0 Å². The number of benzene rings is 1. The molecule has 1 aromatic rings. The van der Waals surface area contributed by atoms with E-state index in [1.807, 2.05) is 0 Å². The van der Waals surface area contributed by atoms with Crippen molar-refractivity contribution in [1.82, 2.24) is 0 Å². The summed E-state index contributed by atoms with van der Waals surface area (Å²) in [5, 5.41) is 10.4. The molecule has 0 fully saturated rings. The van der Waals surface area contributed by atoms with Gasteiger partial charge in [-0.1, -0.05) is 59.6 Å². The molecule has 0 radical (unpaired) electrons. The van der Waals surface area contributed by atoms with Crippen LogP contribution in [0.4, 0.5) is 0 Å². The summed E-state index contributed by atoms with van der Waals surface area (Å²) < 4.78 is 0. The van der Waals surface area contributed by atoms with Crippen molar-refractivity contribution in [1.29, 1.82) is 0 Å².